The molecule has 2 aliphatic carbocycles. The second kappa shape index (κ2) is 5.92. The Balaban J connectivity index is 1.63. The molecule has 5 nitrogen and oxygen atoms in total. The monoisotopic (exact) mass is 347 g/mol. The second-order valence-electron chi connectivity index (χ2n) is 7.70. The first-order valence-corrected chi connectivity index (χ1v) is 8.78. The highest BCUT2D eigenvalue weighted by Crippen LogP contribution is 2.61. The average Bonchev–Trinajstić information content (AvgIpc) is 3.05. The van der Waals surface area contributed by atoms with Gasteiger partial charge in [0.05, 0.1) is 6.21 Å². The molecule has 2 bridgehead atoms. The third-order valence-electron chi connectivity index (χ3n) is 6.37. The number of aromatic hydroxyl groups is 2. The van der Waals surface area contributed by atoms with Crippen LogP contribution in [0.15, 0.2) is 23.3 Å². The van der Waals surface area contributed by atoms with Crippen molar-refractivity contribution in [3.8, 4) is 11.5 Å². The molecule has 0 unspecified atom stereocenters. The fraction of sp³-hybridized carbons (Fsp3) is 0.556. The Morgan fingerprint density at radius 3 is 2.58 bits per heavy atom. The third kappa shape index (κ3) is 2.73. The number of nitrogens with one attached hydrogen (secondary N) is 2. The van der Waals surface area contributed by atoms with E-state index in [4.69, 9.17) is 12.2 Å². The van der Waals surface area contributed by atoms with Gasteiger partial charge in [-0.1, -0.05) is 13.8 Å². The normalized spacial score (nSPS) is 30.6. The van der Waals surface area contributed by atoms with E-state index in [0.717, 1.165) is 5.92 Å². The van der Waals surface area contributed by atoms with Crippen LogP contribution in [0.5, 0.6) is 11.5 Å². The Bertz CT molecular complexity index is 689. The van der Waals surface area contributed by atoms with Crippen LogP contribution in [0.2, 0.25) is 0 Å². The van der Waals surface area contributed by atoms with Crippen molar-refractivity contribution < 1.29 is 10.2 Å². The minimum atomic E-state index is -0.0316. The number of phenols is 2. The van der Waals surface area contributed by atoms with E-state index in [1.807, 2.05) is 0 Å². The van der Waals surface area contributed by atoms with Gasteiger partial charge in [0.25, 0.3) is 0 Å². The maximum atomic E-state index is 9.74. The van der Waals surface area contributed by atoms with Gasteiger partial charge in [-0.25, -0.2) is 0 Å². The number of hydrogen-bond acceptors (Lipinski definition) is 4. The summed E-state index contributed by atoms with van der Waals surface area (Å²) in [4.78, 5) is 0. The van der Waals surface area contributed by atoms with Crippen molar-refractivity contribution in [2.45, 2.75) is 45.6 Å². The Labute approximate surface area is 148 Å². The van der Waals surface area contributed by atoms with E-state index in [0.29, 0.717) is 16.6 Å². The second-order valence-corrected chi connectivity index (χ2v) is 8.11. The Morgan fingerprint density at radius 1 is 1.25 bits per heavy atom. The first-order valence-electron chi connectivity index (χ1n) is 8.37. The Morgan fingerprint density at radius 2 is 1.96 bits per heavy atom. The van der Waals surface area contributed by atoms with Crippen LogP contribution in [-0.2, 0) is 0 Å². The van der Waals surface area contributed by atoms with Crippen molar-refractivity contribution in [3.05, 3.63) is 23.8 Å². The molecule has 3 atom stereocenters. The van der Waals surface area contributed by atoms with Crippen LogP contribution in [0, 0.1) is 17.3 Å². The minimum absolute atomic E-state index is 0.0150. The molecule has 0 radical (unpaired) electrons. The van der Waals surface area contributed by atoms with Crippen molar-refractivity contribution in [2.75, 3.05) is 0 Å². The predicted molar refractivity (Wildman–Crippen MR) is 99.3 cm³/mol. The van der Waals surface area contributed by atoms with Gasteiger partial charge in [0.1, 0.15) is 11.5 Å². The van der Waals surface area contributed by atoms with Crippen LogP contribution in [-0.4, -0.2) is 27.1 Å². The fourth-order valence-electron chi connectivity index (χ4n) is 4.44. The van der Waals surface area contributed by atoms with Crippen LogP contribution in [0.3, 0.4) is 0 Å². The van der Waals surface area contributed by atoms with Gasteiger partial charge in [-0.05, 0) is 67.8 Å². The molecule has 0 amide bonds. The lowest BCUT2D eigenvalue weighted by Crippen LogP contribution is -2.60. The molecule has 3 rings (SSSR count). The molecular formula is C18H25N3O2S. The fourth-order valence-corrected chi connectivity index (χ4v) is 4.70. The minimum Gasteiger partial charge on any atom is -0.508 e. The molecule has 0 aliphatic heterocycles. The zero-order chi connectivity index (χ0) is 17.5. The summed E-state index contributed by atoms with van der Waals surface area (Å²) in [6, 6.07) is 4.36. The summed E-state index contributed by atoms with van der Waals surface area (Å²) in [5.41, 5.74) is 3.51. The maximum absolute atomic E-state index is 9.74. The number of fused-ring (bicyclic) bond motifs is 2. The van der Waals surface area contributed by atoms with Gasteiger partial charge in [0, 0.05) is 17.2 Å². The van der Waals surface area contributed by atoms with E-state index in [9.17, 15) is 10.2 Å². The standard InChI is InChI=1S/C18H25N3O2S/c1-17(2)12-5-6-13(8-12)18(17,3)20-16(24)21-19-10-11-4-7-14(22)9-15(11)23/h4,7,9-10,12-13,22-23H,5-6,8H2,1-3H3,(H2,20,21,24)/b19-10+/t12-,13+,18+/m0/s1. The summed E-state index contributed by atoms with van der Waals surface area (Å²) < 4.78 is 0. The summed E-state index contributed by atoms with van der Waals surface area (Å²) in [5, 5.41) is 27.1. The first-order chi connectivity index (χ1) is 11.2. The van der Waals surface area contributed by atoms with Gasteiger partial charge in [-0.3, -0.25) is 5.43 Å². The number of hydrogen-bond donors (Lipinski definition) is 4. The highest BCUT2D eigenvalue weighted by atomic mass is 32.1. The van der Waals surface area contributed by atoms with E-state index < -0.39 is 0 Å². The van der Waals surface area contributed by atoms with E-state index in [-0.39, 0.29) is 22.5 Å². The molecule has 0 heterocycles. The van der Waals surface area contributed by atoms with Gasteiger partial charge < -0.3 is 15.5 Å². The van der Waals surface area contributed by atoms with E-state index in [1.54, 1.807) is 6.07 Å². The van der Waals surface area contributed by atoms with Crippen molar-refractivity contribution in [1.29, 1.82) is 0 Å². The molecule has 1 aromatic rings. The molecule has 1 aromatic carbocycles. The molecule has 130 valence electrons. The quantitative estimate of drug-likeness (QED) is 0.384. The lowest BCUT2D eigenvalue weighted by atomic mass is 9.64. The largest absolute Gasteiger partial charge is 0.508 e. The highest BCUT2D eigenvalue weighted by molar-refractivity contribution is 7.80. The molecule has 6 heteroatoms. The molecule has 0 aromatic heterocycles. The number of phenolic OH excluding ortho intramolecular Hbond substituents is 2. The Kier molecular flexibility index (Phi) is 4.20. The van der Waals surface area contributed by atoms with Gasteiger partial charge in [0.2, 0.25) is 0 Å². The molecular weight excluding hydrogens is 322 g/mol. The number of nitrogens with zero attached hydrogens (tertiary/aromatic N) is 1. The summed E-state index contributed by atoms with van der Waals surface area (Å²) in [5.74, 6) is 1.38. The average molecular weight is 347 g/mol. The molecule has 24 heavy (non-hydrogen) atoms. The van der Waals surface area contributed by atoms with Crippen molar-refractivity contribution in [2.24, 2.45) is 22.4 Å². The smallest absolute Gasteiger partial charge is 0.187 e. The van der Waals surface area contributed by atoms with Crippen LogP contribution in [0.25, 0.3) is 0 Å². The van der Waals surface area contributed by atoms with Crippen molar-refractivity contribution in [1.82, 2.24) is 10.7 Å². The number of benzene rings is 1. The zero-order valence-electron chi connectivity index (χ0n) is 14.3. The summed E-state index contributed by atoms with van der Waals surface area (Å²) >= 11 is 5.41. The zero-order valence-corrected chi connectivity index (χ0v) is 15.2. The lowest BCUT2D eigenvalue weighted by Gasteiger charge is -2.48. The summed E-state index contributed by atoms with van der Waals surface area (Å²) in [7, 11) is 0. The SMILES string of the molecule is CC1(C)[C@H]2CC[C@H](C2)[C@@]1(C)NC(=S)N/N=C/c1ccc(O)cc1O. The van der Waals surface area contributed by atoms with Crippen LogP contribution < -0.4 is 10.7 Å². The first kappa shape index (κ1) is 17.0. The Hall–Kier alpha value is -1.82. The van der Waals surface area contributed by atoms with Gasteiger partial charge in [-0.2, -0.15) is 5.10 Å². The van der Waals surface area contributed by atoms with Crippen LogP contribution >= 0.6 is 12.2 Å². The number of thiocarbonyl (C=S) groups is 1. The van der Waals surface area contributed by atoms with E-state index >= 15 is 0 Å². The summed E-state index contributed by atoms with van der Waals surface area (Å²) in [6.45, 7) is 6.91. The molecule has 2 saturated carbocycles. The molecule has 0 spiro atoms. The molecule has 0 saturated heterocycles. The maximum Gasteiger partial charge on any atom is 0.187 e. The van der Waals surface area contributed by atoms with Gasteiger partial charge >= 0.3 is 0 Å². The van der Waals surface area contributed by atoms with Crippen molar-refractivity contribution >= 4 is 23.5 Å². The molecule has 2 fully saturated rings. The lowest BCUT2D eigenvalue weighted by molar-refractivity contribution is 0.0833. The number of rotatable bonds is 3. The third-order valence-corrected chi connectivity index (χ3v) is 6.56. The molecule has 4 N–H and O–H groups in total. The summed E-state index contributed by atoms with van der Waals surface area (Å²) in [6.07, 6.45) is 5.32. The number of hydrazone groups is 1. The predicted octanol–water partition coefficient (Wildman–Crippen LogP) is 3.11. The van der Waals surface area contributed by atoms with Crippen LogP contribution in [0.4, 0.5) is 0 Å². The van der Waals surface area contributed by atoms with E-state index in [2.05, 4.69) is 36.6 Å². The molecule has 2 aliphatic rings. The van der Waals surface area contributed by atoms with Gasteiger partial charge in [0.15, 0.2) is 5.11 Å². The van der Waals surface area contributed by atoms with Crippen LogP contribution in [0.1, 0.15) is 45.6 Å². The van der Waals surface area contributed by atoms with E-state index in [1.165, 1.54) is 37.6 Å². The van der Waals surface area contributed by atoms with Crippen molar-refractivity contribution in [3.63, 3.8) is 0 Å². The highest BCUT2D eigenvalue weighted by Gasteiger charge is 2.60. The topological polar surface area (TPSA) is 76.9 Å². The van der Waals surface area contributed by atoms with Gasteiger partial charge in [-0.15, -0.1) is 0 Å².